The van der Waals surface area contributed by atoms with Crippen molar-refractivity contribution < 1.29 is 0 Å². The van der Waals surface area contributed by atoms with E-state index in [0.717, 1.165) is 60.2 Å². The van der Waals surface area contributed by atoms with E-state index in [2.05, 4.69) is 34.7 Å². The van der Waals surface area contributed by atoms with Crippen molar-refractivity contribution in [2.24, 2.45) is 7.05 Å². The van der Waals surface area contributed by atoms with Crippen LogP contribution in [0.3, 0.4) is 0 Å². The van der Waals surface area contributed by atoms with Crippen molar-refractivity contribution in [3.63, 3.8) is 0 Å². The zero-order valence-electron chi connectivity index (χ0n) is 16.0. The van der Waals surface area contributed by atoms with Crippen LogP contribution in [0.5, 0.6) is 0 Å². The highest BCUT2D eigenvalue weighted by Gasteiger charge is 2.31. The maximum absolute atomic E-state index is 6.49. The predicted molar refractivity (Wildman–Crippen MR) is 115 cm³/mol. The van der Waals surface area contributed by atoms with Crippen LogP contribution in [0.4, 0.5) is 0 Å². The van der Waals surface area contributed by atoms with Gasteiger partial charge in [-0.15, -0.1) is 0 Å². The number of hydrogen-bond donors (Lipinski definition) is 0. The Labute approximate surface area is 175 Å². The highest BCUT2D eigenvalue weighted by Crippen LogP contribution is 2.34. The van der Waals surface area contributed by atoms with Crippen LogP contribution in [0.2, 0.25) is 10.0 Å². The first-order valence-electron chi connectivity index (χ1n) is 9.91. The van der Waals surface area contributed by atoms with Gasteiger partial charge in [0, 0.05) is 48.9 Å². The number of aromatic nitrogens is 2. The lowest BCUT2D eigenvalue weighted by atomic mass is 9.91. The number of nitrogens with zero attached hydrogens (tertiary/aromatic N) is 3. The molecule has 144 valence electrons. The van der Waals surface area contributed by atoms with Crippen LogP contribution in [0.25, 0.3) is 11.4 Å². The summed E-state index contributed by atoms with van der Waals surface area (Å²) >= 11 is 12.9. The van der Waals surface area contributed by atoms with Crippen molar-refractivity contribution in [3.8, 4) is 11.4 Å². The fourth-order valence-corrected chi connectivity index (χ4v) is 5.21. The molecule has 5 heteroatoms. The van der Waals surface area contributed by atoms with Crippen molar-refractivity contribution in [2.45, 2.75) is 38.3 Å². The predicted octanol–water partition coefficient (Wildman–Crippen LogP) is 5.31. The average Bonchev–Trinajstić information content (AvgIpc) is 3.04. The molecule has 0 N–H and O–H groups in total. The van der Waals surface area contributed by atoms with E-state index in [1.165, 1.54) is 22.5 Å². The van der Waals surface area contributed by atoms with E-state index in [9.17, 15) is 0 Å². The van der Waals surface area contributed by atoms with Gasteiger partial charge < -0.3 is 4.57 Å². The third-order valence-corrected chi connectivity index (χ3v) is 7.00. The smallest absolute Gasteiger partial charge is 0.141 e. The molecular weight excluding hydrogens is 389 g/mol. The molecule has 1 aliphatic carbocycles. The molecule has 3 nitrogen and oxygen atoms in total. The van der Waals surface area contributed by atoms with Crippen LogP contribution in [0.1, 0.15) is 28.9 Å². The monoisotopic (exact) mass is 411 g/mol. The van der Waals surface area contributed by atoms with Crippen LogP contribution in [-0.2, 0) is 32.9 Å². The van der Waals surface area contributed by atoms with Gasteiger partial charge in [0.1, 0.15) is 5.82 Å². The lowest BCUT2D eigenvalue weighted by Gasteiger charge is -2.37. The zero-order valence-corrected chi connectivity index (χ0v) is 17.5. The number of rotatable bonds is 2. The number of hydrogen-bond acceptors (Lipinski definition) is 2. The van der Waals surface area contributed by atoms with Gasteiger partial charge in [0.25, 0.3) is 0 Å². The van der Waals surface area contributed by atoms with Crippen LogP contribution in [0, 0.1) is 0 Å². The second kappa shape index (κ2) is 7.22. The highest BCUT2D eigenvalue weighted by molar-refractivity contribution is 6.33. The van der Waals surface area contributed by atoms with Gasteiger partial charge in [0.2, 0.25) is 0 Å². The Hall–Kier alpha value is -1.81. The third kappa shape index (κ3) is 3.06. The second-order valence-corrected chi connectivity index (χ2v) is 8.68. The van der Waals surface area contributed by atoms with E-state index in [4.69, 9.17) is 28.2 Å². The summed E-state index contributed by atoms with van der Waals surface area (Å²) in [6, 6.07) is 14.8. The number of imidazole rings is 1. The molecular formula is C23H23Cl2N3. The van der Waals surface area contributed by atoms with Crippen LogP contribution in [-0.4, -0.2) is 27.0 Å². The highest BCUT2D eigenvalue weighted by atomic mass is 35.5. The van der Waals surface area contributed by atoms with E-state index >= 15 is 0 Å². The summed E-state index contributed by atoms with van der Waals surface area (Å²) < 4.78 is 2.24. The molecule has 1 atom stereocenters. The first-order valence-corrected chi connectivity index (χ1v) is 10.7. The number of benzene rings is 2. The Morgan fingerprint density at radius 3 is 2.68 bits per heavy atom. The lowest BCUT2D eigenvalue weighted by Crippen LogP contribution is -2.42. The van der Waals surface area contributed by atoms with Gasteiger partial charge in [0.05, 0.1) is 10.7 Å². The summed E-state index contributed by atoms with van der Waals surface area (Å²) in [6.07, 6.45) is 4.27. The molecule has 5 rings (SSSR count). The van der Waals surface area contributed by atoms with E-state index in [1.807, 2.05) is 24.3 Å². The quantitative estimate of drug-likeness (QED) is 0.569. The SMILES string of the molecule is Cn1c(-c2ccccc2Cl)nc2c1C[C@@H](N1CCc3cccc(Cl)c3C1)CC2. The Morgan fingerprint density at radius 2 is 1.82 bits per heavy atom. The molecule has 0 unspecified atom stereocenters. The minimum absolute atomic E-state index is 0.534. The number of fused-ring (bicyclic) bond motifs is 2. The molecule has 0 bridgehead atoms. The molecule has 28 heavy (non-hydrogen) atoms. The molecule has 1 aromatic heterocycles. The summed E-state index contributed by atoms with van der Waals surface area (Å²) in [5.41, 5.74) is 6.29. The fraction of sp³-hybridized carbons (Fsp3) is 0.348. The standard InChI is InChI=1S/C23H23Cl2N3/c1-27-22-13-16(28-12-11-15-5-4-8-20(25)18(15)14-28)9-10-21(22)26-23(27)17-6-2-3-7-19(17)24/h2-8,16H,9-14H2,1H3/t16-/m0/s1. The minimum atomic E-state index is 0.534. The molecule has 2 heterocycles. The van der Waals surface area contributed by atoms with E-state index < -0.39 is 0 Å². The van der Waals surface area contributed by atoms with Gasteiger partial charge in [0.15, 0.2) is 0 Å². The molecule has 0 saturated heterocycles. The largest absolute Gasteiger partial charge is 0.331 e. The van der Waals surface area contributed by atoms with E-state index in [-0.39, 0.29) is 0 Å². The zero-order chi connectivity index (χ0) is 19.3. The van der Waals surface area contributed by atoms with Crippen molar-refractivity contribution in [1.82, 2.24) is 14.5 Å². The summed E-state index contributed by atoms with van der Waals surface area (Å²) in [5.74, 6) is 0.975. The summed E-state index contributed by atoms with van der Waals surface area (Å²) in [5, 5.41) is 1.66. The first-order chi connectivity index (χ1) is 13.6. The Balaban J connectivity index is 1.42. The van der Waals surface area contributed by atoms with Crippen molar-refractivity contribution in [3.05, 3.63) is 75.0 Å². The summed E-state index contributed by atoms with van der Waals surface area (Å²) in [6.45, 7) is 2.05. The maximum Gasteiger partial charge on any atom is 0.141 e. The van der Waals surface area contributed by atoms with Gasteiger partial charge >= 0.3 is 0 Å². The minimum Gasteiger partial charge on any atom is -0.331 e. The van der Waals surface area contributed by atoms with Crippen molar-refractivity contribution in [1.29, 1.82) is 0 Å². The Morgan fingerprint density at radius 1 is 1.00 bits per heavy atom. The Kier molecular flexibility index (Phi) is 4.70. The Bertz CT molecular complexity index is 1040. The normalized spacial score (nSPS) is 19.3. The molecule has 3 aromatic rings. The molecule has 0 fully saturated rings. The van der Waals surface area contributed by atoms with E-state index in [0.29, 0.717) is 6.04 Å². The topological polar surface area (TPSA) is 21.1 Å². The van der Waals surface area contributed by atoms with Crippen LogP contribution < -0.4 is 0 Å². The summed E-state index contributed by atoms with van der Waals surface area (Å²) in [4.78, 5) is 7.56. The average molecular weight is 412 g/mol. The van der Waals surface area contributed by atoms with Crippen molar-refractivity contribution >= 4 is 23.2 Å². The van der Waals surface area contributed by atoms with Crippen LogP contribution >= 0.6 is 23.2 Å². The first kappa shape index (κ1) is 18.2. The number of halogens is 2. The van der Waals surface area contributed by atoms with Gasteiger partial charge in [-0.25, -0.2) is 4.98 Å². The molecule has 0 amide bonds. The third-order valence-electron chi connectivity index (χ3n) is 6.32. The summed E-state index contributed by atoms with van der Waals surface area (Å²) in [7, 11) is 2.12. The van der Waals surface area contributed by atoms with Gasteiger partial charge in [-0.1, -0.05) is 47.5 Å². The fourth-order valence-electron chi connectivity index (χ4n) is 4.74. The van der Waals surface area contributed by atoms with Crippen molar-refractivity contribution in [2.75, 3.05) is 6.54 Å². The maximum atomic E-state index is 6.49. The molecule has 1 aliphatic heterocycles. The molecule has 2 aliphatic rings. The molecule has 0 saturated carbocycles. The van der Waals surface area contributed by atoms with Crippen LogP contribution in [0.15, 0.2) is 42.5 Å². The number of aryl methyl sites for hydroxylation is 1. The lowest BCUT2D eigenvalue weighted by molar-refractivity contribution is 0.161. The molecule has 0 radical (unpaired) electrons. The van der Waals surface area contributed by atoms with Gasteiger partial charge in [-0.3, -0.25) is 4.90 Å². The van der Waals surface area contributed by atoms with Gasteiger partial charge in [-0.05, 0) is 48.6 Å². The van der Waals surface area contributed by atoms with E-state index in [1.54, 1.807) is 0 Å². The van der Waals surface area contributed by atoms with Gasteiger partial charge in [-0.2, -0.15) is 0 Å². The second-order valence-electron chi connectivity index (χ2n) is 7.86. The molecule has 2 aromatic carbocycles. The molecule has 0 spiro atoms.